The Balaban J connectivity index is 1.51. The number of fused-ring (bicyclic) bond motifs is 3. The molecule has 0 spiro atoms. The molecule has 0 bridgehead atoms. The van der Waals surface area contributed by atoms with Gasteiger partial charge in [-0.15, -0.1) is 0 Å². The monoisotopic (exact) mass is 511 g/mol. The van der Waals surface area contributed by atoms with E-state index in [2.05, 4.69) is 4.98 Å². The number of imidazole rings is 1. The lowest BCUT2D eigenvalue weighted by atomic mass is 9.99. The molecule has 1 N–H and O–H groups in total. The van der Waals surface area contributed by atoms with Crippen molar-refractivity contribution >= 4 is 34.7 Å². The summed E-state index contributed by atoms with van der Waals surface area (Å²) in [6.07, 6.45) is 0. The number of hydrogen-bond donors (Lipinski definition) is 1. The first kappa shape index (κ1) is 22.2. The van der Waals surface area contributed by atoms with E-state index in [9.17, 15) is 14.9 Å². The second kappa shape index (κ2) is 8.45. The number of nitro benzene ring substituents is 1. The third-order valence-electron chi connectivity index (χ3n) is 6.24. The molecule has 36 heavy (non-hydrogen) atoms. The van der Waals surface area contributed by atoms with Gasteiger partial charge in [0.1, 0.15) is 5.82 Å². The second-order valence-corrected chi connectivity index (χ2v) is 9.22. The van der Waals surface area contributed by atoms with Gasteiger partial charge in [-0.05, 0) is 41.5 Å². The van der Waals surface area contributed by atoms with E-state index in [1.54, 1.807) is 30.3 Å². The molecule has 8 heteroatoms. The molecule has 1 aliphatic rings. The van der Waals surface area contributed by atoms with Gasteiger partial charge in [0.05, 0.1) is 21.3 Å². The Morgan fingerprint density at radius 2 is 1.44 bits per heavy atom. The number of non-ortho nitro benzene ring substituents is 1. The number of hydrogen-bond acceptors (Lipinski definition) is 4. The molecule has 6 rings (SSSR count). The Hall–Kier alpha value is -4.26. The van der Waals surface area contributed by atoms with Crippen LogP contribution < -0.4 is 0 Å². The molecule has 0 fully saturated rings. The van der Waals surface area contributed by atoms with Crippen molar-refractivity contribution in [2.75, 3.05) is 0 Å². The van der Waals surface area contributed by atoms with E-state index in [1.165, 1.54) is 12.1 Å². The zero-order valence-electron chi connectivity index (χ0n) is 18.5. The molecule has 0 aliphatic heterocycles. The fourth-order valence-corrected chi connectivity index (χ4v) is 5.03. The molecule has 0 saturated heterocycles. The van der Waals surface area contributed by atoms with E-state index >= 15 is 0 Å². The Kier molecular flexibility index (Phi) is 5.21. The maximum atomic E-state index is 13.2. The van der Waals surface area contributed by atoms with Gasteiger partial charge in [-0.2, -0.15) is 0 Å². The number of nitro groups is 1. The van der Waals surface area contributed by atoms with Gasteiger partial charge in [-0.3, -0.25) is 14.9 Å². The van der Waals surface area contributed by atoms with Crippen LogP contribution in [-0.2, 0) is 0 Å². The highest BCUT2D eigenvalue weighted by atomic mass is 35.5. The van der Waals surface area contributed by atoms with Crippen molar-refractivity contribution in [3.05, 3.63) is 116 Å². The average Bonchev–Trinajstić information content (AvgIpc) is 3.44. The number of nitrogens with one attached hydrogen (secondary N) is 1. The van der Waals surface area contributed by atoms with Crippen LogP contribution in [0.2, 0.25) is 10.0 Å². The summed E-state index contributed by atoms with van der Waals surface area (Å²) in [5, 5.41) is 12.2. The van der Waals surface area contributed by atoms with E-state index < -0.39 is 4.92 Å². The molecule has 1 aromatic heterocycles. The standard InChI is InChI=1S/C28H15Cl2N3O3/c29-17-7-10-21(24(30)13-17)28-31-25(15-4-2-1-3-5-15)26(32-28)16-6-9-19-20-11-8-18(33(35)36)14-23(20)27(34)22(19)12-16/h1-14H,(H,31,32). The lowest BCUT2D eigenvalue weighted by Crippen LogP contribution is -1.97. The Morgan fingerprint density at radius 1 is 0.750 bits per heavy atom. The fraction of sp³-hybridized carbons (Fsp3) is 0. The molecule has 0 amide bonds. The Morgan fingerprint density at radius 3 is 2.17 bits per heavy atom. The van der Waals surface area contributed by atoms with E-state index in [-0.39, 0.29) is 11.5 Å². The number of ketones is 1. The van der Waals surface area contributed by atoms with Crippen LogP contribution >= 0.6 is 23.2 Å². The average molecular weight is 512 g/mol. The topological polar surface area (TPSA) is 88.9 Å². The van der Waals surface area contributed by atoms with Crippen LogP contribution in [0.5, 0.6) is 0 Å². The molecule has 0 radical (unpaired) electrons. The minimum atomic E-state index is -0.499. The maximum Gasteiger partial charge on any atom is 0.270 e. The number of benzene rings is 4. The van der Waals surface area contributed by atoms with Gasteiger partial charge in [0, 0.05) is 45.0 Å². The number of carbonyl (C=O) groups is 1. The molecule has 0 atom stereocenters. The molecule has 5 aromatic rings. The number of rotatable bonds is 4. The van der Waals surface area contributed by atoms with Crippen molar-refractivity contribution in [1.82, 2.24) is 9.97 Å². The highest BCUT2D eigenvalue weighted by molar-refractivity contribution is 6.36. The Bertz CT molecular complexity index is 1710. The van der Waals surface area contributed by atoms with Crippen molar-refractivity contribution in [2.24, 2.45) is 0 Å². The lowest BCUT2D eigenvalue weighted by molar-refractivity contribution is -0.384. The van der Waals surface area contributed by atoms with Crippen molar-refractivity contribution in [3.8, 4) is 45.0 Å². The first-order valence-corrected chi connectivity index (χ1v) is 11.7. The first-order valence-electron chi connectivity index (χ1n) is 11.0. The summed E-state index contributed by atoms with van der Waals surface area (Å²) in [6.45, 7) is 0. The minimum Gasteiger partial charge on any atom is -0.337 e. The summed E-state index contributed by atoms with van der Waals surface area (Å²) in [5.74, 6) is 0.319. The van der Waals surface area contributed by atoms with Gasteiger partial charge in [0.15, 0.2) is 5.78 Å². The summed E-state index contributed by atoms with van der Waals surface area (Å²) in [5.41, 5.74) is 5.90. The second-order valence-electron chi connectivity index (χ2n) is 8.38. The molecule has 0 saturated carbocycles. The number of nitrogens with zero attached hydrogens (tertiary/aromatic N) is 2. The van der Waals surface area contributed by atoms with Crippen LogP contribution in [0.3, 0.4) is 0 Å². The zero-order chi connectivity index (χ0) is 25.0. The zero-order valence-corrected chi connectivity index (χ0v) is 20.0. The predicted molar refractivity (Wildman–Crippen MR) is 140 cm³/mol. The van der Waals surface area contributed by atoms with Crippen molar-refractivity contribution in [2.45, 2.75) is 0 Å². The van der Waals surface area contributed by atoms with Crippen LogP contribution in [0.25, 0.3) is 45.0 Å². The van der Waals surface area contributed by atoms with Gasteiger partial charge < -0.3 is 4.98 Å². The maximum absolute atomic E-state index is 13.2. The van der Waals surface area contributed by atoms with Crippen LogP contribution in [0.4, 0.5) is 5.69 Å². The van der Waals surface area contributed by atoms with Crippen molar-refractivity contribution in [3.63, 3.8) is 0 Å². The molecule has 6 nitrogen and oxygen atoms in total. The van der Waals surface area contributed by atoms with Gasteiger partial charge in [-0.25, -0.2) is 4.98 Å². The van der Waals surface area contributed by atoms with E-state index in [0.29, 0.717) is 43.8 Å². The highest BCUT2D eigenvalue weighted by Gasteiger charge is 2.29. The highest BCUT2D eigenvalue weighted by Crippen LogP contribution is 2.42. The molecule has 174 valence electrons. The molecule has 1 aliphatic carbocycles. The number of halogens is 2. The number of H-pyrrole nitrogens is 1. The third-order valence-corrected chi connectivity index (χ3v) is 6.79. The molecule has 0 unspecified atom stereocenters. The summed E-state index contributed by atoms with van der Waals surface area (Å²) in [6, 6.07) is 24.9. The summed E-state index contributed by atoms with van der Waals surface area (Å²) >= 11 is 12.5. The molecular formula is C28H15Cl2N3O3. The van der Waals surface area contributed by atoms with Gasteiger partial charge in [-0.1, -0.05) is 65.7 Å². The largest absolute Gasteiger partial charge is 0.337 e. The van der Waals surface area contributed by atoms with Gasteiger partial charge in [0.2, 0.25) is 0 Å². The van der Waals surface area contributed by atoms with E-state index in [4.69, 9.17) is 28.2 Å². The summed E-state index contributed by atoms with van der Waals surface area (Å²) < 4.78 is 0. The smallest absolute Gasteiger partial charge is 0.270 e. The molecule has 1 heterocycles. The van der Waals surface area contributed by atoms with Crippen LogP contribution in [0.15, 0.2) is 84.9 Å². The minimum absolute atomic E-state index is 0.113. The van der Waals surface area contributed by atoms with E-state index in [0.717, 1.165) is 22.4 Å². The van der Waals surface area contributed by atoms with E-state index in [1.807, 2.05) is 42.5 Å². The fourth-order valence-electron chi connectivity index (χ4n) is 4.53. The number of aromatic nitrogens is 2. The van der Waals surface area contributed by atoms with Gasteiger partial charge >= 0.3 is 0 Å². The Labute approximate surface area is 215 Å². The van der Waals surface area contributed by atoms with Crippen LogP contribution in [0.1, 0.15) is 15.9 Å². The SMILES string of the molecule is O=C1c2cc(-c3nc(-c4ccc(Cl)cc4Cl)[nH]c3-c3ccccc3)ccc2-c2ccc([N+](=O)[O-])cc21. The van der Waals surface area contributed by atoms with Crippen molar-refractivity contribution in [1.29, 1.82) is 0 Å². The third kappa shape index (κ3) is 3.59. The number of aromatic amines is 1. The summed E-state index contributed by atoms with van der Waals surface area (Å²) in [4.78, 5) is 32.2. The quantitative estimate of drug-likeness (QED) is 0.193. The summed E-state index contributed by atoms with van der Waals surface area (Å²) in [7, 11) is 0. The molecular weight excluding hydrogens is 497 g/mol. The number of carbonyl (C=O) groups excluding carboxylic acids is 1. The normalized spacial score (nSPS) is 11.9. The first-order chi connectivity index (χ1) is 17.4. The predicted octanol–water partition coefficient (Wildman–Crippen LogP) is 7.84. The van der Waals surface area contributed by atoms with Crippen molar-refractivity contribution < 1.29 is 9.72 Å². The molecule has 4 aromatic carbocycles. The van der Waals surface area contributed by atoms with Crippen LogP contribution in [0, 0.1) is 10.1 Å². The lowest BCUT2D eigenvalue weighted by Gasteiger charge is -2.06. The van der Waals surface area contributed by atoms with Crippen LogP contribution in [-0.4, -0.2) is 20.7 Å². The van der Waals surface area contributed by atoms with Gasteiger partial charge in [0.25, 0.3) is 5.69 Å².